The number of rotatable bonds is 10. The van der Waals surface area contributed by atoms with Crippen LogP contribution in [-0.4, -0.2) is 50.7 Å². The third-order valence-electron chi connectivity index (χ3n) is 2.54. The SMILES string of the molecule is CC(CCS(=O)(=O)O)COCC(C)CCS(=O)(=O)O. The van der Waals surface area contributed by atoms with Crippen molar-refractivity contribution >= 4 is 20.2 Å². The summed E-state index contributed by atoms with van der Waals surface area (Å²) in [5, 5.41) is 0. The van der Waals surface area contributed by atoms with E-state index >= 15 is 0 Å². The van der Waals surface area contributed by atoms with E-state index in [1.807, 2.05) is 0 Å². The Balaban J connectivity index is 3.72. The molecule has 0 radical (unpaired) electrons. The minimum Gasteiger partial charge on any atom is -0.381 e. The largest absolute Gasteiger partial charge is 0.381 e. The van der Waals surface area contributed by atoms with Gasteiger partial charge < -0.3 is 4.74 Å². The van der Waals surface area contributed by atoms with Gasteiger partial charge in [-0.1, -0.05) is 13.8 Å². The minimum atomic E-state index is -3.94. The van der Waals surface area contributed by atoms with Crippen molar-refractivity contribution in [1.82, 2.24) is 0 Å². The summed E-state index contributed by atoms with van der Waals surface area (Å²) in [5.41, 5.74) is 0. The third kappa shape index (κ3) is 14.0. The molecule has 0 aliphatic carbocycles. The summed E-state index contributed by atoms with van der Waals surface area (Å²) in [6, 6.07) is 0. The Morgan fingerprint density at radius 2 is 1.16 bits per heavy atom. The molecule has 2 atom stereocenters. The fourth-order valence-corrected chi connectivity index (χ4v) is 2.74. The van der Waals surface area contributed by atoms with Crippen molar-refractivity contribution in [2.75, 3.05) is 24.7 Å². The van der Waals surface area contributed by atoms with E-state index in [2.05, 4.69) is 0 Å². The Kier molecular flexibility index (Phi) is 8.06. The molecule has 0 fully saturated rings. The smallest absolute Gasteiger partial charge is 0.264 e. The fraction of sp³-hybridized carbons (Fsp3) is 1.00. The van der Waals surface area contributed by atoms with Gasteiger partial charge in [0.15, 0.2) is 0 Å². The van der Waals surface area contributed by atoms with Gasteiger partial charge in [0.25, 0.3) is 20.2 Å². The van der Waals surface area contributed by atoms with Gasteiger partial charge in [0.1, 0.15) is 0 Å². The molecule has 0 aromatic rings. The molecule has 9 heteroatoms. The van der Waals surface area contributed by atoms with E-state index in [-0.39, 0.29) is 23.3 Å². The van der Waals surface area contributed by atoms with Gasteiger partial charge in [-0.05, 0) is 24.7 Å². The summed E-state index contributed by atoms with van der Waals surface area (Å²) in [7, 11) is -7.87. The van der Waals surface area contributed by atoms with Crippen molar-refractivity contribution in [3.8, 4) is 0 Å². The van der Waals surface area contributed by atoms with E-state index < -0.39 is 20.2 Å². The molecule has 0 saturated carbocycles. The average Bonchev–Trinajstić information content (AvgIpc) is 2.22. The van der Waals surface area contributed by atoms with Crippen LogP contribution in [0.2, 0.25) is 0 Å². The lowest BCUT2D eigenvalue weighted by Gasteiger charge is -2.14. The first-order chi connectivity index (χ1) is 8.49. The van der Waals surface area contributed by atoms with Gasteiger partial charge in [-0.2, -0.15) is 16.8 Å². The number of hydrogen-bond donors (Lipinski definition) is 2. The Labute approximate surface area is 114 Å². The molecule has 0 saturated heterocycles. The summed E-state index contributed by atoms with van der Waals surface area (Å²) >= 11 is 0. The lowest BCUT2D eigenvalue weighted by atomic mass is 10.1. The van der Waals surface area contributed by atoms with E-state index in [1.54, 1.807) is 13.8 Å². The zero-order valence-electron chi connectivity index (χ0n) is 11.1. The maximum Gasteiger partial charge on any atom is 0.264 e. The highest BCUT2D eigenvalue weighted by atomic mass is 32.2. The first-order valence-electron chi connectivity index (χ1n) is 5.97. The highest BCUT2D eigenvalue weighted by Crippen LogP contribution is 2.08. The molecule has 0 aromatic carbocycles. The van der Waals surface area contributed by atoms with Gasteiger partial charge in [-0.15, -0.1) is 0 Å². The Morgan fingerprint density at radius 3 is 1.42 bits per heavy atom. The maximum atomic E-state index is 10.5. The molecule has 0 aliphatic rings. The second kappa shape index (κ2) is 8.15. The fourth-order valence-electron chi connectivity index (χ4n) is 1.34. The van der Waals surface area contributed by atoms with Crippen LogP contribution < -0.4 is 0 Å². The molecule has 0 bridgehead atoms. The molecule has 0 rings (SSSR count). The van der Waals surface area contributed by atoms with Crippen molar-refractivity contribution in [3.05, 3.63) is 0 Å². The molecule has 116 valence electrons. The van der Waals surface area contributed by atoms with Crippen molar-refractivity contribution < 1.29 is 30.7 Å². The second-order valence-corrected chi connectivity index (χ2v) is 8.04. The molecule has 0 heterocycles. The summed E-state index contributed by atoms with van der Waals surface area (Å²) < 4.78 is 64.6. The summed E-state index contributed by atoms with van der Waals surface area (Å²) in [6.07, 6.45) is 0.608. The highest BCUT2D eigenvalue weighted by molar-refractivity contribution is 7.86. The van der Waals surface area contributed by atoms with Crippen LogP contribution in [0.1, 0.15) is 26.7 Å². The molecule has 0 amide bonds. The van der Waals surface area contributed by atoms with Crippen LogP contribution in [0.3, 0.4) is 0 Å². The molecule has 0 aliphatic heterocycles. The molecular weight excluding hydrogens is 296 g/mol. The normalized spacial score (nSPS) is 16.2. The number of hydrogen-bond acceptors (Lipinski definition) is 5. The lowest BCUT2D eigenvalue weighted by molar-refractivity contribution is 0.0782. The molecule has 19 heavy (non-hydrogen) atoms. The highest BCUT2D eigenvalue weighted by Gasteiger charge is 2.12. The van der Waals surface area contributed by atoms with Crippen LogP contribution in [0.5, 0.6) is 0 Å². The summed E-state index contributed by atoms with van der Waals surface area (Å²) in [4.78, 5) is 0. The zero-order chi connectivity index (χ0) is 15.1. The average molecular weight is 318 g/mol. The van der Waals surface area contributed by atoms with E-state index in [1.165, 1.54) is 0 Å². The van der Waals surface area contributed by atoms with Crippen molar-refractivity contribution in [3.63, 3.8) is 0 Å². The monoisotopic (exact) mass is 318 g/mol. The van der Waals surface area contributed by atoms with E-state index in [0.29, 0.717) is 26.1 Å². The minimum absolute atomic E-state index is 0.0179. The van der Waals surface area contributed by atoms with Crippen LogP contribution in [0.4, 0.5) is 0 Å². The number of ether oxygens (including phenoxy) is 1. The zero-order valence-corrected chi connectivity index (χ0v) is 12.8. The van der Waals surface area contributed by atoms with Gasteiger partial charge in [0, 0.05) is 13.2 Å². The van der Waals surface area contributed by atoms with Crippen LogP contribution in [0.15, 0.2) is 0 Å². The molecule has 2 N–H and O–H groups in total. The molecule has 2 unspecified atom stereocenters. The van der Waals surface area contributed by atoms with Crippen LogP contribution >= 0.6 is 0 Å². The van der Waals surface area contributed by atoms with Crippen LogP contribution in [0.25, 0.3) is 0 Å². The quantitative estimate of drug-likeness (QED) is 0.573. The van der Waals surface area contributed by atoms with Crippen molar-refractivity contribution in [2.24, 2.45) is 11.8 Å². The maximum absolute atomic E-state index is 10.5. The van der Waals surface area contributed by atoms with E-state index in [4.69, 9.17) is 13.8 Å². The Bertz CT molecular complexity index is 398. The third-order valence-corrected chi connectivity index (χ3v) is 4.05. The summed E-state index contributed by atoms with van der Waals surface area (Å²) in [5.74, 6) is -0.627. The Hall–Kier alpha value is -0.220. The van der Waals surface area contributed by atoms with Crippen LogP contribution in [0, 0.1) is 11.8 Å². The molecular formula is C10H22O7S2. The standard InChI is InChI=1S/C10H22O7S2/c1-9(3-5-18(11,12)13)7-17-8-10(2)4-6-19(14,15)16/h9-10H,3-8H2,1-2H3,(H,11,12,13)(H,14,15,16). The second-order valence-electron chi connectivity index (χ2n) is 4.90. The first-order valence-corrected chi connectivity index (χ1v) is 9.19. The van der Waals surface area contributed by atoms with Gasteiger partial charge >= 0.3 is 0 Å². The van der Waals surface area contributed by atoms with Gasteiger partial charge in [-0.3, -0.25) is 9.11 Å². The van der Waals surface area contributed by atoms with Gasteiger partial charge in [0.2, 0.25) is 0 Å². The molecule has 0 aromatic heterocycles. The van der Waals surface area contributed by atoms with Crippen molar-refractivity contribution in [2.45, 2.75) is 26.7 Å². The molecule has 0 spiro atoms. The lowest BCUT2D eigenvalue weighted by Crippen LogP contribution is -2.16. The van der Waals surface area contributed by atoms with Gasteiger partial charge in [0.05, 0.1) is 11.5 Å². The van der Waals surface area contributed by atoms with Gasteiger partial charge in [-0.25, -0.2) is 0 Å². The topological polar surface area (TPSA) is 118 Å². The summed E-state index contributed by atoms with van der Waals surface area (Å²) in [6.45, 7) is 4.28. The van der Waals surface area contributed by atoms with E-state index in [0.717, 1.165) is 0 Å². The predicted molar refractivity (Wildman–Crippen MR) is 71.2 cm³/mol. The van der Waals surface area contributed by atoms with Crippen molar-refractivity contribution in [1.29, 1.82) is 0 Å². The first kappa shape index (κ1) is 18.8. The van der Waals surface area contributed by atoms with Crippen LogP contribution in [-0.2, 0) is 25.0 Å². The van der Waals surface area contributed by atoms with E-state index in [9.17, 15) is 16.8 Å². The molecule has 7 nitrogen and oxygen atoms in total. The Morgan fingerprint density at radius 1 is 0.842 bits per heavy atom. The predicted octanol–water partition coefficient (Wildman–Crippen LogP) is 0.831.